The van der Waals surface area contributed by atoms with Gasteiger partial charge in [-0.15, -0.1) is 0 Å². The highest BCUT2D eigenvalue weighted by molar-refractivity contribution is 6.14. The van der Waals surface area contributed by atoms with Gasteiger partial charge in [-0.1, -0.05) is 82.3 Å². The Morgan fingerprint density at radius 3 is 2.06 bits per heavy atom. The third-order valence-electron chi connectivity index (χ3n) is 7.85. The van der Waals surface area contributed by atoms with E-state index in [9.17, 15) is 0 Å². The topological polar surface area (TPSA) is 26.0 Å². The van der Waals surface area contributed by atoms with E-state index in [4.69, 9.17) is 4.42 Å². The highest BCUT2D eigenvalue weighted by Gasteiger charge is 2.48. The van der Waals surface area contributed by atoms with Gasteiger partial charge >= 0.3 is 0 Å². The molecule has 6 rings (SSSR count). The molecule has 0 spiro atoms. The Labute approximate surface area is 195 Å². The van der Waals surface area contributed by atoms with Crippen molar-refractivity contribution in [1.82, 2.24) is 4.98 Å². The highest BCUT2D eigenvalue weighted by atomic mass is 16.3. The van der Waals surface area contributed by atoms with Crippen molar-refractivity contribution in [3.63, 3.8) is 0 Å². The van der Waals surface area contributed by atoms with Crippen LogP contribution in [0, 0.1) is 18.8 Å². The average molecular weight is 432 g/mol. The van der Waals surface area contributed by atoms with Gasteiger partial charge in [0.15, 0.2) is 0 Å². The van der Waals surface area contributed by atoms with Gasteiger partial charge in [-0.2, -0.15) is 0 Å². The van der Waals surface area contributed by atoms with Crippen LogP contribution in [0.5, 0.6) is 0 Å². The molecule has 0 unspecified atom stereocenters. The van der Waals surface area contributed by atoms with E-state index in [2.05, 4.69) is 94.2 Å². The SMILES string of the molecule is Cc1ccc2c(oc3c4c(ccc32)C(C(C)C)(C(C)C)c2ccccc2-4)c1-c1ccccn1. The van der Waals surface area contributed by atoms with Crippen LogP contribution in [0.25, 0.3) is 44.3 Å². The molecule has 33 heavy (non-hydrogen) atoms. The summed E-state index contributed by atoms with van der Waals surface area (Å²) in [5.41, 5.74) is 10.5. The molecule has 0 radical (unpaired) electrons. The smallest absolute Gasteiger partial charge is 0.145 e. The fraction of sp³-hybridized carbons (Fsp3) is 0.258. The van der Waals surface area contributed by atoms with Crippen LogP contribution in [0.1, 0.15) is 44.4 Å². The molecule has 0 saturated carbocycles. The van der Waals surface area contributed by atoms with Crippen molar-refractivity contribution in [1.29, 1.82) is 0 Å². The van der Waals surface area contributed by atoms with E-state index >= 15 is 0 Å². The molecule has 0 atom stereocenters. The number of benzene rings is 3. The molecule has 0 aliphatic heterocycles. The summed E-state index contributed by atoms with van der Waals surface area (Å²) in [6.07, 6.45) is 1.85. The summed E-state index contributed by atoms with van der Waals surface area (Å²) in [6, 6.07) is 24.0. The van der Waals surface area contributed by atoms with Crippen molar-refractivity contribution in [2.24, 2.45) is 11.8 Å². The van der Waals surface area contributed by atoms with E-state index in [-0.39, 0.29) is 5.41 Å². The molecular weight excluding hydrogens is 402 g/mol. The third-order valence-corrected chi connectivity index (χ3v) is 7.85. The zero-order valence-corrected chi connectivity index (χ0v) is 19.9. The fourth-order valence-corrected chi connectivity index (χ4v) is 6.56. The molecule has 2 heterocycles. The predicted octanol–water partition coefficient (Wildman–Crippen LogP) is 8.53. The number of nitrogens with zero attached hydrogens (tertiary/aromatic N) is 1. The van der Waals surface area contributed by atoms with Gasteiger partial charge in [-0.3, -0.25) is 4.98 Å². The van der Waals surface area contributed by atoms with Crippen LogP contribution in [-0.2, 0) is 5.41 Å². The molecular formula is C31H29NO. The minimum Gasteiger partial charge on any atom is -0.455 e. The summed E-state index contributed by atoms with van der Waals surface area (Å²) in [6.45, 7) is 11.6. The second-order valence-corrected chi connectivity index (χ2v) is 10.0. The van der Waals surface area contributed by atoms with Gasteiger partial charge in [0.1, 0.15) is 11.2 Å². The molecule has 2 nitrogen and oxygen atoms in total. The molecule has 0 saturated heterocycles. The Balaban J connectivity index is 1.77. The number of fused-ring (bicyclic) bond motifs is 7. The Morgan fingerprint density at radius 2 is 1.36 bits per heavy atom. The Hall–Kier alpha value is -3.39. The summed E-state index contributed by atoms with van der Waals surface area (Å²) in [5.74, 6) is 0.932. The van der Waals surface area contributed by atoms with Crippen LogP contribution in [0.15, 0.2) is 77.3 Å². The first-order chi connectivity index (χ1) is 16.0. The summed E-state index contributed by atoms with van der Waals surface area (Å²) >= 11 is 0. The number of hydrogen-bond acceptors (Lipinski definition) is 2. The normalized spacial score (nSPS) is 14.4. The molecule has 164 valence electrons. The Morgan fingerprint density at radius 1 is 0.697 bits per heavy atom. The molecule has 0 bridgehead atoms. The minimum absolute atomic E-state index is 0.0289. The summed E-state index contributed by atoms with van der Waals surface area (Å²) < 4.78 is 6.83. The van der Waals surface area contributed by atoms with Gasteiger partial charge in [0.05, 0.1) is 5.69 Å². The maximum absolute atomic E-state index is 6.83. The van der Waals surface area contributed by atoms with Crippen molar-refractivity contribution < 1.29 is 4.42 Å². The Bertz CT molecular complexity index is 1510. The number of aromatic nitrogens is 1. The molecule has 2 heteroatoms. The van der Waals surface area contributed by atoms with Gasteiger partial charge in [-0.05, 0) is 53.1 Å². The lowest BCUT2D eigenvalue weighted by Gasteiger charge is -2.40. The predicted molar refractivity (Wildman–Crippen MR) is 138 cm³/mol. The Kier molecular flexibility index (Phi) is 4.32. The van der Waals surface area contributed by atoms with Crippen LogP contribution in [0.4, 0.5) is 0 Å². The number of hydrogen-bond donors (Lipinski definition) is 0. The lowest BCUT2D eigenvalue weighted by molar-refractivity contribution is 0.280. The standard InChI is InChI=1S/C31H29NO/c1-18(2)31(19(3)4)24-11-7-6-10-23(24)28-25(31)16-15-22-21-14-13-20(5)27(29(21)33-30(22)28)26-12-8-9-17-32-26/h6-19H,1-5H3. The van der Waals surface area contributed by atoms with Crippen molar-refractivity contribution in [3.8, 4) is 22.4 Å². The van der Waals surface area contributed by atoms with Crippen LogP contribution in [-0.4, -0.2) is 4.98 Å². The molecule has 3 aromatic carbocycles. The summed E-state index contributed by atoms with van der Waals surface area (Å²) in [7, 11) is 0. The number of pyridine rings is 1. The van der Waals surface area contributed by atoms with Crippen LogP contribution in [0.2, 0.25) is 0 Å². The second kappa shape index (κ2) is 7.05. The molecule has 0 N–H and O–H groups in total. The van der Waals surface area contributed by atoms with E-state index in [1.165, 1.54) is 33.2 Å². The van der Waals surface area contributed by atoms with Gasteiger partial charge < -0.3 is 4.42 Å². The first-order valence-corrected chi connectivity index (χ1v) is 12.0. The average Bonchev–Trinajstić information content (AvgIpc) is 3.33. The number of rotatable bonds is 3. The first-order valence-electron chi connectivity index (χ1n) is 12.0. The molecule has 0 fully saturated rings. The van der Waals surface area contributed by atoms with E-state index in [0.29, 0.717) is 11.8 Å². The highest BCUT2D eigenvalue weighted by Crippen LogP contribution is 2.58. The maximum Gasteiger partial charge on any atom is 0.145 e. The van der Waals surface area contributed by atoms with E-state index in [1.54, 1.807) is 0 Å². The fourth-order valence-electron chi connectivity index (χ4n) is 6.56. The lowest BCUT2D eigenvalue weighted by Crippen LogP contribution is -2.37. The largest absolute Gasteiger partial charge is 0.455 e. The maximum atomic E-state index is 6.83. The lowest BCUT2D eigenvalue weighted by atomic mass is 9.63. The van der Waals surface area contributed by atoms with Crippen LogP contribution in [0.3, 0.4) is 0 Å². The van der Waals surface area contributed by atoms with Gasteiger partial charge in [-0.25, -0.2) is 0 Å². The molecule has 1 aliphatic rings. The van der Waals surface area contributed by atoms with E-state index in [0.717, 1.165) is 27.8 Å². The van der Waals surface area contributed by atoms with Gasteiger partial charge in [0, 0.05) is 33.5 Å². The van der Waals surface area contributed by atoms with Crippen molar-refractivity contribution >= 4 is 21.9 Å². The second-order valence-electron chi connectivity index (χ2n) is 10.0. The molecule has 1 aliphatic carbocycles. The zero-order valence-electron chi connectivity index (χ0n) is 19.9. The third kappa shape index (κ3) is 2.52. The monoisotopic (exact) mass is 431 g/mol. The van der Waals surface area contributed by atoms with Crippen LogP contribution < -0.4 is 0 Å². The van der Waals surface area contributed by atoms with Gasteiger partial charge in [0.2, 0.25) is 0 Å². The zero-order chi connectivity index (χ0) is 22.9. The van der Waals surface area contributed by atoms with Crippen molar-refractivity contribution in [2.75, 3.05) is 0 Å². The van der Waals surface area contributed by atoms with Crippen LogP contribution >= 0.6 is 0 Å². The van der Waals surface area contributed by atoms with Crippen molar-refractivity contribution in [3.05, 3.63) is 89.6 Å². The van der Waals surface area contributed by atoms with Gasteiger partial charge in [0.25, 0.3) is 0 Å². The van der Waals surface area contributed by atoms with Crippen molar-refractivity contribution in [2.45, 2.75) is 40.0 Å². The summed E-state index contributed by atoms with van der Waals surface area (Å²) in [5, 5.41) is 2.34. The van der Waals surface area contributed by atoms with E-state index in [1.807, 2.05) is 18.3 Å². The quantitative estimate of drug-likeness (QED) is 0.286. The molecule has 0 amide bonds. The molecule has 5 aromatic rings. The number of furan rings is 1. The molecule has 2 aromatic heterocycles. The summed E-state index contributed by atoms with van der Waals surface area (Å²) in [4.78, 5) is 4.65. The number of aryl methyl sites for hydroxylation is 1. The van der Waals surface area contributed by atoms with E-state index < -0.39 is 0 Å². The first kappa shape index (κ1) is 20.2. The minimum atomic E-state index is -0.0289.